The molecule has 3 aromatic heterocycles. The molecule has 0 aliphatic heterocycles. The van der Waals surface area contributed by atoms with Crippen molar-refractivity contribution < 1.29 is 4.42 Å². The largest absolute Gasteiger partial charge is 0.438 e. The van der Waals surface area contributed by atoms with Crippen molar-refractivity contribution in [3.05, 3.63) is 43.0 Å². The van der Waals surface area contributed by atoms with Crippen molar-refractivity contribution in [2.24, 2.45) is 0 Å². The molecule has 4 rings (SSSR count). The van der Waals surface area contributed by atoms with Crippen molar-refractivity contribution in [3.8, 4) is 0 Å². The van der Waals surface area contributed by atoms with Crippen LogP contribution in [-0.4, -0.2) is 15.0 Å². The van der Waals surface area contributed by atoms with E-state index in [2.05, 4.69) is 21.0 Å². The van der Waals surface area contributed by atoms with Crippen LogP contribution in [0, 0.1) is 0 Å². The van der Waals surface area contributed by atoms with Crippen molar-refractivity contribution in [3.63, 3.8) is 0 Å². The smallest absolute Gasteiger partial charge is 0.230 e. The van der Waals surface area contributed by atoms with E-state index < -0.39 is 0 Å². The summed E-state index contributed by atoms with van der Waals surface area (Å²) in [7, 11) is 0. The molecule has 0 saturated heterocycles. The van der Waals surface area contributed by atoms with Crippen molar-refractivity contribution in [2.75, 3.05) is 0 Å². The highest BCUT2D eigenvalue weighted by Crippen LogP contribution is 2.29. The second-order valence-electron chi connectivity index (χ2n) is 3.89. The van der Waals surface area contributed by atoms with E-state index in [1.54, 1.807) is 12.4 Å². The van der Waals surface area contributed by atoms with Crippen LogP contribution >= 0.6 is 0 Å². The molecule has 80 valence electrons. The van der Waals surface area contributed by atoms with Gasteiger partial charge in [-0.2, -0.15) is 0 Å². The predicted molar refractivity (Wildman–Crippen MR) is 64.6 cm³/mol. The number of rotatable bonds is 0. The lowest BCUT2D eigenvalue weighted by molar-refractivity contribution is 0.653. The molecule has 17 heavy (non-hydrogen) atoms. The van der Waals surface area contributed by atoms with Gasteiger partial charge in [-0.05, 0) is 12.1 Å². The van der Waals surface area contributed by atoms with E-state index in [0.29, 0.717) is 5.71 Å². The number of pyridine rings is 1. The van der Waals surface area contributed by atoms with Gasteiger partial charge in [0, 0.05) is 29.2 Å². The Balaban J connectivity index is 2.28. The predicted octanol–water partition coefficient (Wildman–Crippen LogP) is 2.92. The molecule has 4 heteroatoms. The standard InChI is InChI=1S/C13H7N3O/c1-2-8-4-9-10-6-14-7-16-13(10)17-12(9)5-11(8)15-3-1/h1-7H. The molecule has 4 nitrogen and oxygen atoms in total. The van der Waals surface area contributed by atoms with Gasteiger partial charge in [0.15, 0.2) is 0 Å². The minimum Gasteiger partial charge on any atom is -0.438 e. The monoisotopic (exact) mass is 221 g/mol. The first-order chi connectivity index (χ1) is 8.42. The Bertz CT molecular complexity index is 845. The molecule has 0 unspecified atom stereocenters. The summed E-state index contributed by atoms with van der Waals surface area (Å²) in [6.07, 6.45) is 5.04. The number of furan rings is 1. The summed E-state index contributed by atoms with van der Waals surface area (Å²) in [5.74, 6) is 0. The summed E-state index contributed by atoms with van der Waals surface area (Å²) in [6.45, 7) is 0. The van der Waals surface area contributed by atoms with Gasteiger partial charge in [-0.1, -0.05) is 6.07 Å². The van der Waals surface area contributed by atoms with E-state index in [4.69, 9.17) is 4.42 Å². The average Bonchev–Trinajstić information content (AvgIpc) is 2.73. The van der Waals surface area contributed by atoms with Gasteiger partial charge < -0.3 is 4.42 Å². The van der Waals surface area contributed by atoms with Crippen LogP contribution in [0.4, 0.5) is 0 Å². The fourth-order valence-corrected chi connectivity index (χ4v) is 2.08. The number of benzene rings is 1. The molecule has 0 N–H and O–H groups in total. The van der Waals surface area contributed by atoms with Crippen LogP contribution < -0.4 is 0 Å². The summed E-state index contributed by atoms with van der Waals surface area (Å²) >= 11 is 0. The first kappa shape index (κ1) is 8.64. The van der Waals surface area contributed by atoms with E-state index >= 15 is 0 Å². The van der Waals surface area contributed by atoms with Crippen LogP contribution in [-0.2, 0) is 0 Å². The lowest BCUT2D eigenvalue weighted by Crippen LogP contribution is -1.77. The van der Waals surface area contributed by atoms with E-state index in [0.717, 1.165) is 27.3 Å². The second kappa shape index (κ2) is 3.01. The SMILES string of the molecule is c1cnc2cc3oc4ncncc4c3cc2c1. The molecule has 3 heterocycles. The van der Waals surface area contributed by atoms with Crippen molar-refractivity contribution in [2.45, 2.75) is 0 Å². The Hall–Kier alpha value is -2.49. The van der Waals surface area contributed by atoms with Gasteiger partial charge in [0.05, 0.1) is 10.9 Å². The maximum absolute atomic E-state index is 5.67. The number of hydrogen-bond acceptors (Lipinski definition) is 4. The Morgan fingerprint density at radius 1 is 1.06 bits per heavy atom. The van der Waals surface area contributed by atoms with Crippen molar-refractivity contribution in [1.82, 2.24) is 15.0 Å². The van der Waals surface area contributed by atoms with Crippen LogP contribution in [0.5, 0.6) is 0 Å². The maximum atomic E-state index is 5.67. The Morgan fingerprint density at radius 2 is 2.06 bits per heavy atom. The highest BCUT2D eigenvalue weighted by atomic mass is 16.3. The van der Waals surface area contributed by atoms with E-state index in [-0.39, 0.29) is 0 Å². The van der Waals surface area contributed by atoms with E-state index in [1.807, 2.05) is 18.2 Å². The van der Waals surface area contributed by atoms with Crippen LogP contribution in [0.15, 0.2) is 47.4 Å². The summed E-state index contributed by atoms with van der Waals surface area (Å²) < 4.78 is 5.67. The normalized spacial score (nSPS) is 11.5. The number of fused-ring (bicyclic) bond motifs is 4. The summed E-state index contributed by atoms with van der Waals surface area (Å²) in [6, 6.07) is 7.95. The van der Waals surface area contributed by atoms with Crippen molar-refractivity contribution in [1.29, 1.82) is 0 Å². The van der Waals surface area contributed by atoms with E-state index in [9.17, 15) is 0 Å². The quantitative estimate of drug-likeness (QED) is 0.458. The minimum atomic E-state index is 0.616. The molecule has 0 atom stereocenters. The molecular weight excluding hydrogens is 214 g/mol. The zero-order chi connectivity index (χ0) is 11.2. The number of nitrogens with zero attached hydrogens (tertiary/aromatic N) is 3. The topological polar surface area (TPSA) is 51.8 Å². The third kappa shape index (κ3) is 1.15. The molecule has 0 aliphatic rings. The molecule has 0 spiro atoms. The summed E-state index contributed by atoms with van der Waals surface area (Å²) in [4.78, 5) is 12.4. The molecule has 0 amide bonds. The van der Waals surface area contributed by atoms with Gasteiger partial charge in [-0.15, -0.1) is 0 Å². The molecule has 1 aromatic carbocycles. The lowest BCUT2D eigenvalue weighted by atomic mass is 10.1. The number of aromatic nitrogens is 3. The molecule has 0 saturated carbocycles. The second-order valence-corrected chi connectivity index (χ2v) is 3.89. The van der Waals surface area contributed by atoms with Crippen LogP contribution in [0.1, 0.15) is 0 Å². The minimum absolute atomic E-state index is 0.616. The van der Waals surface area contributed by atoms with Gasteiger partial charge in [0.1, 0.15) is 11.9 Å². The highest BCUT2D eigenvalue weighted by Gasteiger charge is 2.08. The molecular formula is C13H7N3O. The third-order valence-corrected chi connectivity index (χ3v) is 2.88. The summed E-state index contributed by atoms with van der Waals surface area (Å²) in [5.41, 5.74) is 2.34. The first-order valence-electron chi connectivity index (χ1n) is 5.29. The first-order valence-corrected chi connectivity index (χ1v) is 5.29. The lowest BCUT2D eigenvalue weighted by Gasteiger charge is -1.95. The highest BCUT2D eigenvalue weighted by molar-refractivity contribution is 6.08. The van der Waals surface area contributed by atoms with Gasteiger partial charge >= 0.3 is 0 Å². The van der Waals surface area contributed by atoms with Crippen LogP contribution in [0.3, 0.4) is 0 Å². The third-order valence-electron chi connectivity index (χ3n) is 2.88. The zero-order valence-electron chi connectivity index (χ0n) is 8.79. The summed E-state index contributed by atoms with van der Waals surface area (Å²) in [5, 5.41) is 3.06. The van der Waals surface area contributed by atoms with Crippen molar-refractivity contribution >= 4 is 33.0 Å². The molecule has 0 bridgehead atoms. The van der Waals surface area contributed by atoms with Gasteiger partial charge in [0.25, 0.3) is 0 Å². The average molecular weight is 221 g/mol. The Morgan fingerprint density at radius 3 is 3.06 bits per heavy atom. The molecule has 4 aromatic rings. The molecule has 0 radical (unpaired) electrons. The number of hydrogen-bond donors (Lipinski definition) is 0. The molecule has 0 aliphatic carbocycles. The van der Waals surface area contributed by atoms with E-state index in [1.165, 1.54) is 6.33 Å². The van der Waals surface area contributed by atoms with Gasteiger partial charge in [0.2, 0.25) is 5.71 Å². The van der Waals surface area contributed by atoms with Crippen LogP contribution in [0.2, 0.25) is 0 Å². The van der Waals surface area contributed by atoms with Crippen LogP contribution in [0.25, 0.3) is 33.0 Å². The zero-order valence-corrected chi connectivity index (χ0v) is 8.79. The Kier molecular flexibility index (Phi) is 1.53. The van der Waals surface area contributed by atoms with Gasteiger partial charge in [-0.25, -0.2) is 9.97 Å². The fourth-order valence-electron chi connectivity index (χ4n) is 2.08. The maximum Gasteiger partial charge on any atom is 0.230 e. The molecule has 0 fully saturated rings. The fraction of sp³-hybridized carbons (Fsp3) is 0. The van der Waals surface area contributed by atoms with Gasteiger partial charge in [-0.3, -0.25) is 4.98 Å². The Labute approximate surface area is 95.9 Å².